The molecular formula is C21H25FN10O7P2+2. The number of nitrogen functional groups attached to an aromatic ring is 2. The molecule has 2 aliphatic heterocycles. The molecule has 6 rings (SSSR count). The summed E-state index contributed by atoms with van der Waals surface area (Å²) in [6.07, 6.45) is 1.61. The molecule has 0 bridgehead atoms. The van der Waals surface area contributed by atoms with Crippen molar-refractivity contribution in [1.29, 1.82) is 0 Å². The summed E-state index contributed by atoms with van der Waals surface area (Å²) in [7, 11) is -5.15. The van der Waals surface area contributed by atoms with Gasteiger partial charge in [0, 0.05) is 23.3 Å². The maximum absolute atomic E-state index is 14.9. The van der Waals surface area contributed by atoms with Crippen LogP contribution in [0.4, 0.5) is 16.0 Å². The maximum Gasteiger partial charge on any atom is 0.694 e. The molecule has 5 N–H and O–H groups in total. The molecular weight excluding hydrogens is 585 g/mol. The van der Waals surface area contributed by atoms with Gasteiger partial charge in [-0.15, -0.1) is 13.9 Å². The number of rotatable bonds is 10. The summed E-state index contributed by atoms with van der Waals surface area (Å²) in [5.41, 5.74) is 13.3. The maximum atomic E-state index is 14.9. The van der Waals surface area contributed by atoms with E-state index in [1.165, 1.54) is 25.3 Å². The number of ether oxygens (including phenoxy) is 2. The molecule has 0 aromatic carbocycles. The Morgan fingerprint density at radius 2 is 1.44 bits per heavy atom. The van der Waals surface area contributed by atoms with Crippen LogP contribution in [0.3, 0.4) is 0 Å². The van der Waals surface area contributed by atoms with Gasteiger partial charge in [0.1, 0.15) is 61.6 Å². The molecule has 216 valence electrons. The number of nitrogens with two attached hydrogens (primary N) is 2. The second-order valence-corrected chi connectivity index (χ2v) is 11.5. The van der Waals surface area contributed by atoms with Crippen LogP contribution in [-0.2, 0) is 27.7 Å². The number of halogens is 1. The Hall–Kier alpha value is -3.37. The second kappa shape index (κ2) is 11.5. The summed E-state index contributed by atoms with van der Waals surface area (Å²) >= 11 is 0. The Balaban J connectivity index is 1.09. The van der Waals surface area contributed by atoms with Crippen molar-refractivity contribution in [3.05, 3.63) is 25.3 Å². The number of hydrogen-bond donors (Lipinski definition) is 3. The van der Waals surface area contributed by atoms with E-state index in [0.29, 0.717) is 28.7 Å². The molecule has 17 nitrogen and oxygen atoms in total. The summed E-state index contributed by atoms with van der Waals surface area (Å²) in [5.74, 6) is 0.0147. The number of alkyl halides is 1. The minimum atomic E-state index is -2.87. The molecule has 4 aromatic rings. The van der Waals surface area contributed by atoms with Crippen molar-refractivity contribution < 1.29 is 36.9 Å². The standard InChI is InChI=1S/C21H24FN10O7P2/c22-11-2-15(32-9-30-17-19(24)26-7-28-21(17)32)39-13(11)4-36-40(33)5-10-1-14(38-12(10)3-37-41(34)35)31-8-29-16-18(23)25-6-27-20(16)31/h6-15H,1-5H2,(H4-,23,24,25,26,27,28,34,35)/q+1/p+1/t10-,11-,12?,13?,14-,15-/m1/s1. The first-order valence-electron chi connectivity index (χ1n) is 12.5. The molecule has 6 heterocycles. The third-order valence-corrected chi connectivity index (χ3v) is 8.61. The lowest BCUT2D eigenvalue weighted by Crippen LogP contribution is -2.25. The predicted octanol–water partition coefficient (Wildman–Crippen LogP) is 1.79. The first-order chi connectivity index (χ1) is 19.8. The summed E-state index contributed by atoms with van der Waals surface area (Å²) in [4.78, 5) is 33.7. The lowest BCUT2D eigenvalue weighted by Gasteiger charge is -2.14. The predicted molar refractivity (Wildman–Crippen MR) is 139 cm³/mol. The van der Waals surface area contributed by atoms with E-state index in [-0.39, 0.29) is 37.4 Å². The molecule has 0 spiro atoms. The lowest BCUT2D eigenvalue weighted by atomic mass is 10.0. The molecule has 0 aliphatic carbocycles. The molecule has 41 heavy (non-hydrogen) atoms. The van der Waals surface area contributed by atoms with Gasteiger partial charge in [-0.25, -0.2) is 34.3 Å². The quantitative estimate of drug-likeness (QED) is 0.217. The van der Waals surface area contributed by atoms with Crippen molar-refractivity contribution in [2.45, 2.75) is 43.7 Å². The highest BCUT2D eigenvalue weighted by Crippen LogP contribution is 2.42. The normalized spacial score (nSPS) is 27.2. The first-order valence-corrected chi connectivity index (χ1v) is 15.0. The largest absolute Gasteiger partial charge is 0.694 e. The molecule has 0 amide bonds. The summed E-state index contributed by atoms with van der Waals surface area (Å²) in [6, 6.07) is 0. The van der Waals surface area contributed by atoms with Gasteiger partial charge in [-0.1, -0.05) is 0 Å². The third kappa shape index (κ3) is 5.59. The number of imidazole rings is 2. The van der Waals surface area contributed by atoms with Crippen LogP contribution in [0.25, 0.3) is 22.3 Å². The van der Waals surface area contributed by atoms with Crippen LogP contribution in [0.2, 0.25) is 0 Å². The zero-order chi connectivity index (χ0) is 28.7. The van der Waals surface area contributed by atoms with Crippen molar-refractivity contribution in [1.82, 2.24) is 39.0 Å². The van der Waals surface area contributed by atoms with Crippen molar-refractivity contribution >= 4 is 50.2 Å². The van der Waals surface area contributed by atoms with Crippen LogP contribution in [-0.4, -0.2) is 81.7 Å². The Labute approximate surface area is 232 Å². The van der Waals surface area contributed by atoms with Crippen molar-refractivity contribution in [2.24, 2.45) is 5.92 Å². The van der Waals surface area contributed by atoms with Crippen LogP contribution in [0, 0.1) is 5.92 Å². The van der Waals surface area contributed by atoms with Crippen LogP contribution in [0.15, 0.2) is 25.3 Å². The molecule has 0 saturated carbocycles. The van der Waals surface area contributed by atoms with Crippen molar-refractivity contribution in [3.8, 4) is 0 Å². The molecule has 2 aliphatic rings. The topological polar surface area (TPSA) is 231 Å². The van der Waals surface area contributed by atoms with Crippen molar-refractivity contribution in [3.63, 3.8) is 0 Å². The summed E-state index contributed by atoms with van der Waals surface area (Å²) < 4.78 is 64.6. The minimum absolute atomic E-state index is 0.0179. The molecule has 2 fully saturated rings. The van der Waals surface area contributed by atoms with E-state index >= 15 is 0 Å². The zero-order valence-electron chi connectivity index (χ0n) is 21.2. The highest BCUT2D eigenvalue weighted by atomic mass is 31.1. The second-order valence-electron chi connectivity index (χ2n) is 9.52. The van der Waals surface area contributed by atoms with E-state index in [2.05, 4.69) is 29.9 Å². The Bertz CT molecular complexity index is 1610. The number of hydrogen-bond acceptors (Lipinski definition) is 14. The number of aromatic nitrogens is 8. The van der Waals surface area contributed by atoms with Crippen LogP contribution in [0.5, 0.6) is 0 Å². The number of anilines is 2. The van der Waals surface area contributed by atoms with Gasteiger partial charge in [0.2, 0.25) is 0 Å². The fourth-order valence-electron chi connectivity index (χ4n) is 5.04. The molecule has 8 atom stereocenters. The van der Waals surface area contributed by atoms with Gasteiger partial charge in [0.25, 0.3) is 0 Å². The molecule has 4 unspecified atom stereocenters. The highest BCUT2D eigenvalue weighted by Gasteiger charge is 2.45. The number of nitrogens with zero attached hydrogens (tertiary/aromatic N) is 8. The van der Waals surface area contributed by atoms with E-state index in [4.69, 9.17) is 34.9 Å². The molecule has 20 heteroatoms. The van der Waals surface area contributed by atoms with Gasteiger partial charge in [-0.2, -0.15) is 0 Å². The monoisotopic (exact) mass is 610 g/mol. The average molecular weight is 610 g/mol. The Kier molecular flexibility index (Phi) is 7.78. The number of fused-ring (bicyclic) bond motifs is 2. The van der Waals surface area contributed by atoms with Crippen LogP contribution in [0.1, 0.15) is 25.3 Å². The zero-order valence-corrected chi connectivity index (χ0v) is 23.0. The smallest absolute Gasteiger partial charge is 0.382 e. The molecule has 0 radical (unpaired) electrons. The average Bonchev–Trinajstić information content (AvgIpc) is 3.72. The van der Waals surface area contributed by atoms with Gasteiger partial charge in [-0.05, 0) is 4.57 Å². The van der Waals surface area contributed by atoms with E-state index in [1.807, 2.05) is 0 Å². The Morgan fingerprint density at radius 1 is 0.878 bits per heavy atom. The molecule has 2 saturated heterocycles. The van der Waals surface area contributed by atoms with Gasteiger partial charge in [-0.3, -0.25) is 9.13 Å². The molecule has 4 aromatic heterocycles. The fourth-order valence-corrected chi connectivity index (χ4v) is 6.50. The van der Waals surface area contributed by atoms with Crippen LogP contribution < -0.4 is 11.5 Å². The van der Waals surface area contributed by atoms with Crippen LogP contribution >= 0.6 is 16.3 Å². The lowest BCUT2D eigenvalue weighted by molar-refractivity contribution is -0.0271. The third-order valence-electron chi connectivity index (χ3n) is 7.03. The van der Waals surface area contributed by atoms with Gasteiger partial charge >= 0.3 is 16.3 Å². The van der Waals surface area contributed by atoms with Gasteiger partial charge in [0.05, 0.1) is 18.8 Å². The first kappa shape index (κ1) is 27.8. The van der Waals surface area contributed by atoms with E-state index in [0.717, 1.165) is 0 Å². The van der Waals surface area contributed by atoms with Gasteiger partial charge < -0.3 is 20.9 Å². The van der Waals surface area contributed by atoms with Crippen molar-refractivity contribution in [2.75, 3.05) is 30.8 Å². The van der Waals surface area contributed by atoms with E-state index < -0.39 is 53.0 Å². The highest BCUT2D eigenvalue weighted by molar-refractivity contribution is 7.39. The SMILES string of the molecule is Nc1ncnc2c1ncn2[C@H]1C[C@H](C[P+](=O)OCC2O[C@@H](n3cnc4c(N)ncnc43)C[C@H]2F)C(CO[P+](=O)O)O1. The summed E-state index contributed by atoms with van der Waals surface area (Å²) in [6.45, 7) is -0.466. The summed E-state index contributed by atoms with van der Waals surface area (Å²) in [5, 5.41) is 0. The Morgan fingerprint density at radius 3 is 2.05 bits per heavy atom. The fraction of sp³-hybridized carbons (Fsp3) is 0.524. The minimum Gasteiger partial charge on any atom is -0.382 e. The van der Waals surface area contributed by atoms with Gasteiger partial charge in [0.15, 0.2) is 29.1 Å². The van der Waals surface area contributed by atoms with E-state index in [1.54, 1.807) is 9.13 Å². The van der Waals surface area contributed by atoms with E-state index in [9.17, 15) is 13.5 Å².